The monoisotopic (exact) mass is 356 g/mol. The lowest BCUT2D eigenvalue weighted by atomic mass is 9.94. The van der Waals surface area contributed by atoms with Gasteiger partial charge >= 0.3 is 0 Å². The number of nitrogen functional groups attached to an aromatic ring is 1. The average molecular weight is 356 g/mol. The predicted octanol–water partition coefficient (Wildman–Crippen LogP) is 1.02. The molecular weight excluding hydrogens is 332 g/mol. The summed E-state index contributed by atoms with van der Waals surface area (Å²) in [4.78, 5) is 41.8. The zero-order valence-electron chi connectivity index (χ0n) is 15.4. The number of rotatable bonds is 3. The Morgan fingerprint density at radius 2 is 1.96 bits per heavy atom. The summed E-state index contributed by atoms with van der Waals surface area (Å²) in [6.07, 6.45) is 2.06. The number of hydrogen-bond acceptors (Lipinski definition) is 6. The molecule has 1 saturated heterocycles. The molecule has 0 saturated carbocycles. The third kappa shape index (κ3) is 3.89. The van der Waals surface area contributed by atoms with Gasteiger partial charge in [0.05, 0.1) is 12.1 Å². The molecule has 26 heavy (non-hydrogen) atoms. The summed E-state index contributed by atoms with van der Waals surface area (Å²) in [5.41, 5.74) is 8.57. The van der Waals surface area contributed by atoms with Crippen molar-refractivity contribution in [3.8, 4) is 0 Å². The van der Waals surface area contributed by atoms with Crippen LogP contribution in [-0.2, 0) is 11.2 Å². The number of aromatic nitrogens is 4. The van der Waals surface area contributed by atoms with Crippen molar-refractivity contribution < 1.29 is 4.79 Å². The van der Waals surface area contributed by atoms with Gasteiger partial charge in [0, 0.05) is 42.0 Å². The van der Waals surface area contributed by atoms with Crippen LogP contribution >= 0.6 is 0 Å². The molecule has 2 aromatic rings. The molecule has 1 aliphatic heterocycles. The van der Waals surface area contributed by atoms with Crippen molar-refractivity contribution in [2.45, 2.75) is 46.0 Å². The first kappa shape index (κ1) is 18.0. The Balaban J connectivity index is 1.75. The summed E-state index contributed by atoms with van der Waals surface area (Å²) in [6.45, 7) is 6.74. The van der Waals surface area contributed by atoms with Gasteiger partial charge in [-0.15, -0.1) is 0 Å². The van der Waals surface area contributed by atoms with E-state index in [1.165, 1.54) is 6.07 Å². The van der Waals surface area contributed by atoms with Gasteiger partial charge in [0.1, 0.15) is 5.82 Å². The minimum absolute atomic E-state index is 0.0378. The summed E-state index contributed by atoms with van der Waals surface area (Å²) in [5, 5.41) is 0. The number of carbonyl (C=O) groups is 1. The van der Waals surface area contributed by atoms with Gasteiger partial charge in [-0.05, 0) is 33.6 Å². The summed E-state index contributed by atoms with van der Waals surface area (Å²) in [6, 6.07) is 1.54. The molecule has 0 radical (unpaired) electrons. The number of amides is 1. The van der Waals surface area contributed by atoms with Crippen molar-refractivity contribution >= 4 is 11.9 Å². The molecule has 2 aromatic heterocycles. The highest BCUT2D eigenvalue weighted by Gasteiger charge is 2.27. The largest absolute Gasteiger partial charge is 0.368 e. The molecule has 8 nitrogen and oxygen atoms in total. The average Bonchev–Trinajstić information content (AvgIpc) is 2.57. The lowest BCUT2D eigenvalue weighted by Gasteiger charge is -2.32. The molecule has 0 aromatic carbocycles. The standard InChI is InChI=1S/C18H24N6O2/c1-10-14(11(2)21-18(19)20-10)7-17(26)24-6-4-5-13(9-24)15-8-16(25)23-12(3)22-15/h8,13H,4-7,9H2,1-3H3,(H2,19,20,21)(H,22,23,25)/t13-/m1/s1. The number of anilines is 1. The normalized spacial score (nSPS) is 17.3. The maximum absolute atomic E-state index is 12.8. The molecule has 3 N–H and O–H groups in total. The summed E-state index contributed by atoms with van der Waals surface area (Å²) < 4.78 is 0. The van der Waals surface area contributed by atoms with Crippen LogP contribution < -0.4 is 11.3 Å². The van der Waals surface area contributed by atoms with E-state index in [4.69, 9.17) is 5.73 Å². The first-order valence-corrected chi connectivity index (χ1v) is 8.78. The number of aryl methyl sites for hydroxylation is 3. The van der Waals surface area contributed by atoms with Gasteiger partial charge < -0.3 is 15.6 Å². The van der Waals surface area contributed by atoms with Gasteiger partial charge in [0.2, 0.25) is 11.9 Å². The van der Waals surface area contributed by atoms with Gasteiger partial charge in [-0.2, -0.15) is 0 Å². The fraction of sp³-hybridized carbons (Fsp3) is 0.500. The molecule has 138 valence electrons. The smallest absolute Gasteiger partial charge is 0.251 e. The van der Waals surface area contributed by atoms with Crippen molar-refractivity contribution in [2.24, 2.45) is 0 Å². The topological polar surface area (TPSA) is 118 Å². The molecule has 0 spiro atoms. The third-order valence-corrected chi connectivity index (χ3v) is 4.84. The van der Waals surface area contributed by atoms with E-state index in [1.54, 1.807) is 6.92 Å². The molecular formula is C18H24N6O2. The van der Waals surface area contributed by atoms with Crippen molar-refractivity contribution in [3.05, 3.63) is 44.9 Å². The van der Waals surface area contributed by atoms with Crippen LogP contribution in [0.2, 0.25) is 0 Å². The van der Waals surface area contributed by atoms with E-state index < -0.39 is 0 Å². The van der Waals surface area contributed by atoms with Gasteiger partial charge in [0.25, 0.3) is 5.56 Å². The number of nitrogens with two attached hydrogens (primary N) is 1. The molecule has 1 fully saturated rings. The molecule has 1 atom stereocenters. The Morgan fingerprint density at radius 3 is 2.62 bits per heavy atom. The highest BCUT2D eigenvalue weighted by Crippen LogP contribution is 2.25. The number of nitrogens with zero attached hydrogens (tertiary/aromatic N) is 4. The second kappa shape index (κ2) is 7.23. The van der Waals surface area contributed by atoms with Gasteiger partial charge in [-0.3, -0.25) is 9.59 Å². The lowest BCUT2D eigenvalue weighted by molar-refractivity contribution is -0.131. The zero-order chi connectivity index (χ0) is 18.8. The van der Waals surface area contributed by atoms with E-state index in [2.05, 4.69) is 19.9 Å². The van der Waals surface area contributed by atoms with Crippen molar-refractivity contribution in [1.29, 1.82) is 0 Å². The second-order valence-electron chi connectivity index (χ2n) is 6.84. The third-order valence-electron chi connectivity index (χ3n) is 4.84. The highest BCUT2D eigenvalue weighted by atomic mass is 16.2. The van der Waals surface area contributed by atoms with Crippen LogP contribution in [0.5, 0.6) is 0 Å². The van der Waals surface area contributed by atoms with Crippen molar-refractivity contribution in [1.82, 2.24) is 24.8 Å². The Kier molecular flexibility index (Phi) is 5.01. The maximum atomic E-state index is 12.8. The van der Waals surface area contributed by atoms with Crippen LogP contribution in [0.4, 0.5) is 5.95 Å². The fourth-order valence-electron chi connectivity index (χ4n) is 3.54. The van der Waals surface area contributed by atoms with E-state index in [0.717, 1.165) is 35.5 Å². The Morgan fingerprint density at radius 1 is 1.27 bits per heavy atom. The Labute approximate surface area is 151 Å². The molecule has 1 amide bonds. The molecule has 0 bridgehead atoms. The quantitative estimate of drug-likeness (QED) is 0.847. The van der Waals surface area contributed by atoms with E-state index >= 15 is 0 Å². The van der Waals surface area contributed by atoms with Crippen molar-refractivity contribution in [3.63, 3.8) is 0 Å². The maximum Gasteiger partial charge on any atom is 0.251 e. The number of piperidine rings is 1. The predicted molar refractivity (Wildman–Crippen MR) is 97.8 cm³/mol. The summed E-state index contributed by atoms with van der Waals surface area (Å²) >= 11 is 0. The lowest BCUT2D eigenvalue weighted by Crippen LogP contribution is -2.40. The first-order chi connectivity index (χ1) is 12.3. The first-order valence-electron chi connectivity index (χ1n) is 8.78. The molecule has 1 aliphatic rings. The van der Waals surface area contributed by atoms with E-state index in [0.29, 0.717) is 18.9 Å². The highest BCUT2D eigenvalue weighted by molar-refractivity contribution is 5.79. The SMILES string of the molecule is Cc1nc([C@@H]2CCCN(C(=O)Cc3c(C)nc(N)nc3C)C2)cc(=O)[nH]1. The number of aromatic amines is 1. The summed E-state index contributed by atoms with van der Waals surface area (Å²) in [7, 11) is 0. The van der Waals surface area contributed by atoms with Crippen LogP contribution in [0.1, 0.15) is 47.2 Å². The van der Waals surface area contributed by atoms with Crippen molar-refractivity contribution in [2.75, 3.05) is 18.8 Å². The molecule has 0 unspecified atom stereocenters. The second-order valence-corrected chi connectivity index (χ2v) is 6.84. The Hall–Kier alpha value is -2.77. The van der Waals surface area contributed by atoms with E-state index in [-0.39, 0.29) is 29.8 Å². The zero-order valence-corrected chi connectivity index (χ0v) is 15.4. The van der Waals surface area contributed by atoms with E-state index in [1.807, 2.05) is 18.7 Å². The fourth-order valence-corrected chi connectivity index (χ4v) is 3.54. The van der Waals surface area contributed by atoms with Crippen LogP contribution in [0.15, 0.2) is 10.9 Å². The number of carbonyl (C=O) groups excluding carboxylic acids is 1. The number of hydrogen-bond donors (Lipinski definition) is 2. The molecule has 8 heteroatoms. The van der Waals surface area contributed by atoms with Crippen LogP contribution in [0.3, 0.4) is 0 Å². The van der Waals surface area contributed by atoms with E-state index in [9.17, 15) is 9.59 Å². The Bertz CT molecular complexity index is 868. The minimum atomic E-state index is -0.152. The van der Waals surface area contributed by atoms with Crippen LogP contribution in [0.25, 0.3) is 0 Å². The summed E-state index contributed by atoms with van der Waals surface area (Å²) in [5.74, 6) is 0.945. The van der Waals surface area contributed by atoms with Gasteiger partial charge in [-0.1, -0.05) is 0 Å². The molecule has 3 rings (SSSR count). The molecule has 0 aliphatic carbocycles. The van der Waals surface area contributed by atoms with Crippen LogP contribution in [-0.4, -0.2) is 43.8 Å². The number of nitrogens with one attached hydrogen (secondary N) is 1. The minimum Gasteiger partial charge on any atom is -0.368 e. The van der Waals surface area contributed by atoms with Crippen LogP contribution in [0, 0.1) is 20.8 Å². The number of H-pyrrole nitrogens is 1. The van der Waals surface area contributed by atoms with Gasteiger partial charge in [0.15, 0.2) is 0 Å². The molecule has 3 heterocycles. The van der Waals surface area contributed by atoms with Gasteiger partial charge in [-0.25, -0.2) is 15.0 Å². The number of likely N-dealkylation sites (tertiary alicyclic amines) is 1.